The molecule has 130 valence electrons. The van der Waals surface area contributed by atoms with Crippen molar-refractivity contribution in [3.05, 3.63) is 59.6 Å². The van der Waals surface area contributed by atoms with E-state index in [1.54, 1.807) is 12.4 Å². The smallest absolute Gasteiger partial charge is 0.203 e. The van der Waals surface area contributed by atoms with Gasteiger partial charge in [-0.15, -0.1) is 10.2 Å². The van der Waals surface area contributed by atoms with E-state index in [0.717, 1.165) is 38.8 Å². The maximum absolute atomic E-state index is 6.05. The fraction of sp³-hybridized carbons (Fsp3) is 0.118. The number of aryl methyl sites for hydroxylation is 1. The molecule has 0 aliphatic heterocycles. The molecule has 0 unspecified atom stereocenters. The Labute approximate surface area is 163 Å². The number of benzene rings is 1. The summed E-state index contributed by atoms with van der Waals surface area (Å²) in [5.41, 5.74) is 1.86. The molecule has 0 bridgehead atoms. The fourth-order valence-electron chi connectivity index (χ4n) is 2.35. The second kappa shape index (κ2) is 7.53. The Bertz CT molecular complexity index is 1010. The standard InChI is InChI=1S/C17H13ClN6S2/c1-2-14-20-17(26-23-14)25-16-22-21-15(11-7-9-19-10-8-11)24(16)13-5-3-12(18)4-6-13/h3-10H,2H2,1H3. The third-order valence-electron chi connectivity index (χ3n) is 3.60. The Hall–Kier alpha value is -2.29. The predicted molar refractivity (Wildman–Crippen MR) is 103 cm³/mol. The van der Waals surface area contributed by atoms with E-state index < -0.39 is 0 Å². The van der Waals surface area contributed by atoms with Gasteiger partial charge in [0.1, 0.15) is 5.82 Å². The topological polar surface area (TPSA) is 69.4 Å². The Kier molecular flexibility index (Phi) is 4.96. The average Bonchev–Trinajstić information content (AvgIpc) is 3.30. The van der Waals surface area contributed by atoms with Crippen molar-refractivity contribution in [2.24, 2.45) is 0 Å². The first kappa shape index (κ1) is 17.1. The first-order valence-electron chi connectivity index (χ1n) is 7.87. The van der Waals surface area contributed by atoms with E-state index in [9.17, 15) is 0 Å². The second-order valence-electron chi connectivity index (χ2n) is 5.29. The highest BCUT2D eigenvalue weighted by molar-refractivity contribution is 8.00. The van der Waals surface area contributed by atoms with Crippen molar-refractivity contribution in [3.63, 3.8) is 0 Å². The largest absolute Gasteiger partial charge is 0.270 e. The van der Waals surface area contributed by atoms with Crippen molar-refractivity contribution in [2.75, 3.05) is 0 Å². The van der Waals surface area contributed by atoms with Gasteiger partial charge in [-0.25, -0.2) is 4.98 Å². The van der Waals surface area contributed by atoms with E-state index in [2.05, 4.69) is 24.5 Å². The number of hydrogen-bond donors (Lipinski definition) is 0. The molecule has 26 heavy (non-hydrogen) atoms. The zero-order chi connectivity index (χ0) is 17.9. The predicted octanol–water partition coefficient (Wildman–Crippen LogP) is 4.55. The van der Waals surface area contributed by atoms with E-state index in [1.165, 1.54) is 23.3 Å². The summed E-state index contributed by atoms with van der Waals surface area (Å²) in [5, 5.41) is 10.2. The summed E-state index contributed by atoms with van der Waals surface area (Å²) in [4.78, 5) is 8.59. The van der Waals surface area contributed by atoms with Gasteiger partial charge in [0.25, 0.3) is 0 Å². The molecule has 0 spiro atoms. The molecule has 1 aromatic carbocycles. The number of aromatic nitrogens is 6. The summed E-state index contributed by atoms with van der Waals surface area (Å²) in [5.74, 6) is 1.57. The summed E-state index contributed by atoms with van der Waals surface area (Å²) < 4.78 is 7.16. The van der Waals surface area contributed by atoms with Crippen LogP contribution < -0.4 is 0 Å². The minimum Gasteiger partial charge on any atom is -0.270 e. The lowest BCUT2D eigenvalue weighted by Gasteiger charge is -2.09. The summed E-state index contributed by atoms with van der Waals surface area (Å²) in [6.45, 7) is 2.04. The lowest BCUT2D eigenvalue weighted by Crippen LogP contribution is -1.99. The van der Waals surface area contributed by atoms with Gasteiger partial charge in [0, 0.05) is 35.1 Å². The van der Waals surface area contributed by atoms with Crippen LogP contribution in [0.5, 0.6) is 0 Å². The quantitative estimate of drug-likeness (QED) is 0.489. The molecule has 0 aliphatic rings. The van der Waals surface area contributed by atoms with Gasteiger partial charge < -0.3 is 0 Å². The molecule has 0 N–H and O–H groups in total. The molecule has 0 saturated heterocycles. The lowest BCUT2D eigenvalue weighted by atomic mass is 10.2. The molecule has 3 aromatic heterocycles. The zero-order valence-corrected chi connectivity index (χ0v) is 16.1. The van der Waals surface area contributed by atoms with E-state index >= 15 is 0 Å². The van der Waals surface area contributed by atoms with Gasteiger partial charge in [-0.2, -0.15) is 4.37 Å². The van der Waals surface area contributed by atoms with Crippen LogP contribution in [-0.2, 0) is 6.42 Å². The molecule has 0 fully saturated rings. The van der Waals surface area contributed by atoms with Gasteiger partial charge in [-0.1, -0.05) is 18.5 Å². The third kappa shape index (κ3) is 3.48. The van der Waals surface area contributed by atoms with E-state index in [4.69, 9.17) is 11.6 Å². The van der Waals surface area contributed by atoms with Crippen molar-refractivity contribution in [3.8, 4) is 17.1 Å². The number of halogens is 1. The van der Waals surface area contributed by atoms with Crippen molar-refractivity contribution in [1.29, 1.82) is 0 Å². The van der Waals surface area contributed by atoms with Crippen LogP contribution in [0.1, 0.15) is 12.7 Å². The third-order valence-corrected chi connectivity index (χ3v) is 5.59. The molecule has 0 radical (unpaired) electrons. The second-order valence-corrected chi connectivity index (χ2v) is 7.69. The summed E-state index contributed by atoms with van der Waals surface area (Å²) >= 11 is 8.87. The maximum atomic E-state index is 6.05. The first-order chi connectivity index (χ1) is 12.7. The number of pyridine rings is 1. The maximum Gasteiger partial charge on any atom is 0.203 e. The first-order valence-corrected chi connectivity index (χ1v) is 9.83. The van der Waals surface area contributed by atoms with Crippen LogP contribution >= 0.6 is 34.9 Å². The Morgan fingerprint density at radius 2 is 1.85 bits per heavy atom. The Morgan fingerprint density at radius 1 is 1.08 bits per heavy atom. The highest BCUT2D eigenvalue weighted by atomic mass is 35.5. The van der Waals surface area contributed by atoms with E-state index in [-0.39, 0.29) is 0 Å². The van der Waals surface area contributed by atoms with Gasteiger partial charge in [-0.3, -0.25) is 9.55 Å². The van der Waals surface area contributed by atoms with Crippen molar-refractivity contribution < 1.29 is 0 Å². The monoisotopic (exact) mass is 400 g/mol. The summed E-state index contributed by atoms with van der Waals surface area (Å²) in [6, 6.07) is 11.4. The number of nitrogens with zero attached hydrogens (tertiary/aromatic N) is 6. The SMILES string of the molecule is CCc1nsc(Sc2nnc(-c3ccncc3)n2-c2ccc(Cl)cc2)n1. The van der Waals surface area contributed by atoms with Crippen LogP contribution in [0.4, 0.5) is 0 Å². The van der Waals surface area contributed by atoms with Gasteiger partial charge >= 0.3 is 0 Å². The molecule has 4 aromatic rings. The minimum absolute atomic E-state index is 0.679. The molecule has 3 heterocycles. The zero-order valence-electron chi connectivity index (χ0n) is 13.7. The molecule has 9 heteroatoms. The number of hydrogen-bond acceptors (Lipinski definition) is 7. The van der Waals surface area contributed by atoms with Gasteiger partial charge in [0.15, 0.2) is 10.2 Å². The van der Waals surface area contributed by atoms with E-state index in [0.29, 0.717) is 5.02 Å². The minimum atomic E-state index is 0.679. The van der Waals surface area contributed by atoms with Crippen LogP contribution in [0.15, 0.2) is 58.3 Å². The van der Waals surface area contributed by atoms with Gasteiger partial charge in [0.2, 0.25) is 5.16 Å². The Morgan fingerprint density at radius 3 is 2.54 bits per heavy atom. The van der Waals surface area contributed by atoms with Crippen LogP contribution in [-0.4, -0.2) is 29.1 Å². The molecular weight excluding hydrogens is 388 g/mol. The molecule has 4 rings (SSSR count). The average molecular weight is 401 g/mol. The fourth-order valence-corrected chi connectivity index (χ4v) is 4.13. The van der Waals surface area contributed by atoms with Gasteiger partial charge in [0.05, 0.1) is 0 Å². The van der Waals surface area contributed by atoms with Gasteiger partial charge in [-0.05, 0) is 59.7 Å². The van der Waals surface area contributed by atoms with E-state index in [1.807, 2.05) is 47.9 Å². The molecule has 0 amide bonds. The van der Waals surface area contributed by atoms with Crippen molar-refractivity contribution in [1.82, 2.24) is 29.1 Å². The van der Waals surface area contributed by atoms with Crippen LogP contribution in [0.3, 0.4) is 0 Å². The van der Waals surface area contributed by atoms with Crippen molar-refractivity contribution >= 4 is 34.9 Å². The summed E-state index contributed by atoms with van der Waals surface area (Å²) in [7, 11) is 0. The highest BCUT2D eigenvalue weighted by Crippen LogP contribution is 2.33. The lowest BCUT2D eigenvalue weighted by molar-refractivity contribution is 0.883. The molecular formula is C17H13ClN6S2. The molecule has 0 aliphatic carbocycles. The summed E-state index contributed by atoms with van der Waals surface area (Å²) in [6.07, 6.45) is 4.28. The normalized spacial score (nSPS) is 11.0. The van der Waals surface area contributed by atoms with Crippen LogP contribution in [0, 0.1) is 0 Å². The van der Waals surface area contributed by atoms with Crippen LogP contribution in [0.25, 0.3) is 17.1 Å². The molecule has 0 atom stereocenters. The molecule has 6 nitrogen and oxygen atoms in total. The highest BCUT2D eigenvalue weighted by Gasteiger charge is 2.18. The molecule has 0 saturated carbocycles. The number of rotatable bonds is 5. The van der Waals surface area contributed by atoms with Crippen molar-refractivity contribution in [2.45, 2.75) is 22.8 Å². The Balaban J connectivity index is 1.81. The van der Waals surface area contributed by atoms with Crippen LogP contribution in [0.2, 0.25) is 5.02 Å².